The number of benzene rings is 1. The first kappa shape index (κ1) is 23.6. The maximum absolute atomic E-state index is 11.1. The zero-order valence-corrected chi connectivity index (χ0v) is 23.4. The SMILES string of the molecule is CCCC1O[C@](C)(C(C)(C)C)C2C[C@@]34CC[C@]2(O1)[C@@H]1Oc2c(O)ccc5c2[C@@]13CCN(CC1CC1)[C@@H]4C5. The molecule has 3 spiro atoms. The van der Waals surface area contributed by atoms with Gasteiger partial charge >= 0.3 is 0 Å². The third kappa shape index (κ3) is 2.59. The maximum atomic E-state index is 11.1. The predicted octanol–water partition coefficient (Wildman–Crippen LogP) is 5.95. The van der Waals surface area contributed by atoms with Crippen LogP contribution in [0.3, 0.4) is 0 Å². The van der Waals surface area contributed by atoms with Gasteiger partial charge in [0.05, 0.1) is 5.60 Å². The number of phenols is 1. The average Bonchev–Trinajstić information content (AvgIpc) is 3.58. The van der Waals surface area contributed by atoms with Gasteiger partial charge in [-0.1, -0.05) is 40.2 Å². The summed E-state index contributed by atoms with van der Waals surface area (Å²) in [5.41, 5.74) is 2.13. The number of hydrogen-bond acceptors (Lipinski definition) is 5. The van der Waals surface area contributed by atoms with Gasteiger partial charge in [0, 0.05) is 34.9 Å². The lowest BCUT2D eigenvalue weighted by atomic mass is 9.33. The molecule has 0 amide bonds. The Morgan fingerprint density at radius 1 is 1.11 bits per heavy atom. The lowest BCUT2D eigenvalue weighted by Crippen LogP contribution is -2.85. The van der Waals surface area contributed by atoms with Gasteiger partial charge in [-0.3, -0.25) is 4.90 Å². The Morgan fingerprint density at radius 2 is 1.92 bits per heavy atom. The summed E-state index contributed by atoms with van der Waals surface area (Å²) in [5.74, 6) is 2.25. The number of ether oxygens (including phenoxy) is 3. The second kappa shape index (κ2) is 7.06. The Balaban J connectivity index is 1.36. The molecule has 3 heterocycles. The largest absolute Gasteiger partial charge is 0.504 e. The van der Waals surface area contributed by atoms with E-state index in [1.54, 1.807) is 0 Å². The summed E-state index contributed by atoms with van der Waals surface area (Å²) in [5, 5.41) is 11.1. The number of aromatic hydroxyl groups is 1. The Kier molecular flexibility index (Phi) is 4.50. The first-order valence-electron chi connectivity index (χ1n) is 15.2. The molecule has 5 aliphatic carbocycles. The van der Waals surface area contributed by atoms with Crippen molar-refractivity contribution < 1.29 is 19.3 Å². The van der Waals surface area contributed by atoms with Gasteiger partial charge in [-0.15, -0.1) is 0 Å². The molecule has 4 saturated carbocycles. The second-order valence-corrected chi connectivity index (χ2v) is 15.0. The standard InChI is InChI=1S/C32H45NO4/c1-6-7-24-36-29(5,28(2,3)4)22-17-30-12-13-32(22,37-24)27-31(30)14-15-33(18-19-8-9-19)23(30)16-20-10-11-21(34)26(35-27)25(20)31/h10-11,19,22-24,27,34H,6-9,12-18H2,1-5H3/t22?,23-,24?,27-,29+,30-,31+,32-/m1/s1. The van der Waals surface area contributed by atoms with Crippen molar-refractivity contribution in [3.63, 3.8) is 0 Å². The van der Waals surface area contributed by atoms with E-state index in [4.69, 9.17) is 14.2 Å². The Bertz CT molecular complexity index is 1160. The molecule has 202 valence electrons. The van der Waals surface area contributed by atoms with Crippen LogP contribution in [0.1, 0.15) is 97.1 Å². The molecule has 6 fully saturated rings. The minimum atomic E-state index is -0.384. The van der Waals surface area contributed by atoms with Crippen LogP contribution in [0.15, 0.2) is 12.1 Å². The van der Waals surface area contributed by atoms with E-state index in [1.807, 2.05) is 6.07 Å². The van der Waals surface area contributed by atoms with Crippen LogP contribution in [0.25, 0.3) is 0 Å². The van der Waals surface area contributed by atoms with Crippen LogP contribution < -0.4 is 4.74 Å². The predicted molar refractivity (Wildman–Crippen MR) is 142 cm³/mol. The van der Waals surface area contributed by atoms with E-state index in [1.165, 1.54) is 36.9 Å². The minimum absolute atomic E-state index is 0.0298. The molecule has 1 aromatic carbocycles. The molecule has 8 aliphatic rings. The van der Waals surface area contributed by atoms with E-state index in [0.29, 0.717) is 11.8 Å². The van der Waals surface area contributed by atoms with E-state index in [9.17, 15) is 5.11 Å². The van der Waals surface area contributed by atoms with Crippen LogP contribution in [0.4, 0.5) is 0 Å². The molecular weight excluding hydrogens is 462 g/mol. The summed E-state index contributed by atoms with van der Waals surface area (Å²) in [7, 11) is 0. The average molecular weight is 508 g/mol. The summed E-state index contributed by atoms with van der Waals surface area (Å²) in [6.07, 6.45) is 10.1. The zero-order chi connectivity index (χ0) is 25.6. The van der Waals surface area contributed by atoms with Crippen LogP contribution in [0, 0.1) is 22.7 Å². The first-order valence-corrected chi connectivity index (χ1v) is 15.2. The molecule has 1 aromatic rings. The molecule has 8 atom stereocenters. The van der Waals surface area contributed by atoms with Gasteiger partial charge in [-0.2, -0.15) is 0 Å². The van der Waals surface area contributed by atoms with E-state index in [0.717, 1.165) is 56.7 Å². The number of piperidine rings is 1. The fourth-order valence-electron chi connectivity index (χ4n) is 10.6. The van der Waals surface area contributed by atoms with E-state index in [2.05, 4.69) is 45.6 Å². The molecule has 5 nitrogen and oxygen atoms in total. The molecule has 4 bridgehead atoms. The summed E-state index contributed by atoms with van der Waals surface area (Å²) >= 11 is 0. The second-order valence-electron chi connectivity index (χ2n) is 15.0. The van der Waals surface area contributed by atoms with Crippen LogP contribution in [0.2, 0.25) is 0 Å². The van der Waals surface area contributed by atoms with Crippen molar-refractivity contribution in [1.29, 1.82) is 0 Å². The molecule has 1 N–H and O–H groups in total. The number of hydrogen-bond donors (Lipinski definition) is 1. The van der Waals surface area contributed by atoms with Crippen molar-refractivity contribution in [2.24, 2.45) is 22.7 Å². The van der Waals surface area contributed by atoms with Crippen LogP contribution in [0.5, 0.6) is 11.5 Å². The lowest BCUT2D eigenvalue weighted by molar-refractivity contribution is -0.420. The van der Waals surface area contributed by atoms with E-state index >= 15 is 0 Å². The molecular formula is C32H45NO4. The lowest BCUT2D eigenvalue weighted by Gasteiger charge is -2.77. The van der Waals surface area contributed by atoms with Crippen molar-refractivity contribution in [1.82, 2.24) is 4.90 Å². The smallest absolute Gasteiger partial charge is 0.165 e. The molecule has 37 heavy (non-hydrogen) atoms. The zero-order valence-electron chi connectivity index (χ0n) is 23.4. The summed E-state index contributed by atoms with van der Waals surface area (Å²) in [4.78, 5) is 2.89. The van der Waals surface area contributed by atoms with Gasteiger partial charge in [-0.05, 0) is 87.8 Å². The topological polar surface area (TPSA) is 51.2 Å². The highest BCUT2D eigenvalue weighted by Crippen LogP contribution is 2.79. The molecule has 9 rings (SSSR count). The fourth-order valence-corrected chi connectivity index (χ4v) is 10.6. The van der Waals surface area contributed by atoms with Gasteiger partial charge < -0.3 is 19.3 Å². The molecule has 0 radical (unpaired) electrons. The normalized spacial score (nSPS) is 47.4. The van der Waals surface area contributed by atoms with Crippen molar-refractivity contribution >= 4 is 0 Å². The van der Waals surface area contributed by atoms with Crippen LogP contribution >= 0.6 is 0 Å². The number of fused-ring (bicyclic) bond motifs is 1. The summed E-state index contributed by atoms with van der Waals surface area (Å²) < 4.78 is 21.4. The first-order chi connectivity index (χ1) is 17.6. The van der Waals surface area contributed by atoms with Crippen molar-refractivity contribution in [2.75, 3.05) is 13.1 Å². The molecule has 0 aromatic heterocycles. The van der Waals surface area contributed by atoms with Crippen molar-refractivity contribution in [2.45, 2.75) is 127 Å². The Labute approximate surface area is 222 Å². The monoisotopic (exact) mass is 507 g/mol. The number of rotatable bonds is 4. The van der Waals surface area contributed by atoms with Gasteiger partial charge in [0.15, 0.2) is 17.8 Å². The molecule has 5 heteroatoms. The highest BCUT2D eigenvalue weighted by Gasteiger charge is 2.84. The van der Waals surface area contributed by atoms with Gasteiger partial charge in [-0.25, -0.2) is 0 Å². The highest BCUT2D eigenvalue weighted by molar-refractivity contribution is 5.63. The summed E-state index contributed by atoms with van der Waals surface area (Å²) in [6.45, 7) is 14.1. The number of nitrogens with zero attached hydrogens (tertiary/aromatic N) is 1. The van der Waals surface area contributed by atoms with Crippen molar-refractivity contribution in [3.05, 3.63) is 23.3 Å². The molecule has 2 unspecified atom stereocenters. The Morgan fingerprint density at radius 3 is 2.65 bits per heavy atom. The van der Waals surface area contributed by atoms with Crippen LogP contribution in [-0.2, 0) is 21.3 Å². The maximum Gasteiger partial charge on any atom is 0.165 e. The highest BCUT2D eigenvalue weighted by atomic mass is 16.7. The fraction of sp³-hybridized carbons (Fsp3) is 0.812. The Hall–Kier alpha value is -1.30. The van der Waals surface area contributed by atoms with Gasteiger partial charge in [0.1, 0.15) is 11.7 Å². The summed E-state index contributed by atoms with van der Waals surface area (Å²) in [6, 6.07) is 4.64. The number of phenolic OH excluding ortho intramolecular Hbond substituents is 1. The number of likely N-dealkylation sites (tertiary alicyclic amines) is 1. The van der Waals surface area contributed by atoms with E-state index in [-0.39, 0.29) is 45.8 Å². The molecule has 2 saturated heterocycles. The minimum Gasteiger partial charge on any atom is -0.504 e. The molecule has 3 aliphatic heterocycles. The van der Waals surface area contributed by atoms with Gasteiger partial charge in [0.25, 0.3) is 0 Å². The third-order valence-corrected chi connectivity index (χ3v) is 12.7. The van der Waals surface area contributed by atoms with E-state index < -0.39 is 0 Å². The van der Waals surface area contributed by atoms with Crippen molar-refractivity contribution in [3.8, 4) is 11.5 Å². The van der Waals surface area contributed by atoms with Gasteiger partial charge in [0.2, 0.25) is 0 Å². The quantitative estimate of drug-likeness (QED) is 0.546. The third-order valence-electron chi connectivity index (χ3n) is 12.7. The van der Waals surface area contributed by atoms with Crippen LogP contribution in [-0.4, -0.2) is 52.7 Å².